The van der Waals surface area contributed by atoms with Crippen LogP contribution >= 0.6 is 12.4 Å². The maximum atomic E-state index is 5.58. The lowest BCUT2D eigenvalue weighted by molar-refractivity contribution is 0.310. The van der Waals surface area contributed by atoms with E-state index in [9.17, 15) is 0 Å². The largest absolute Gasteiger partial charge is 0.493 e. The van der Waals surface area contributed by atoms with E-state index in [0.29, 0.717) is 19.6 Å². The van der Waals surface area contributed by atoms with Crippen molar-refractivity contribution in [2.45, 2.75) is 26.2 Å². The second-order valence-electron chi connectivity index (χ2n) is 4.69. The molecule has 0 fully saturated rings. The highest BCUT2D eigenvalue weighted by atomic mass is 35.5. The topological polar surface area (TPSA) is 86.0 Å². The molecule has 7 heteroatoms. The monoisotopic (exact) mass is 326 g/mol. The van der Waals surface area contributed by atoms with Crippen LogP contribution in [-0.2, 0) is 12.8 Å². The van der Waals surface area contributed by atoms with Crippen LogP contribution in [0.4, 0.5) is 0 Å². The van der Waals surface area contributed by atoms with Crippen molar-refractivity contribution in [2.24, 2.45) is 5.73 Å². The van der Waals surface area contributed by atoms with Gasteiger partial charge in [-0.1, -0.05) is 6.07 Å². The Morgan fingerprint density at radius 3 is 2.77 bits per heavy atom. The second-order valence-corrected chi connectivity index (χ2v) is 4.69. The molecule has 1 aromatic carbocycles. The van der Waals surface area contributed by atoms with Crippen molar-refractivity contribution >= 4 is 12.4 Å². The lowest BCUT2D eigenvalue weighted by Crippen LogP contribution is -2.01. The van der Waals surface area contributed by atoms with Gasteiger partial charge in [0.15, 0.2) is 17.3 Å². The number of aromatic amines is 1. The quantitative estimate of drug-likeness (QED) is 0.776. The number of hydrogen-bond acceptors (Lipinski definition) is 5. The fraction of sp³-hybridized carbons (Fsp3) is 0.467. The zero-order chi connectivity index (χ0) is 15.1. The standard InChI is InChI=1S/C15H22N4O2.ClH/c1-3-21-13-9-11(6-7-12(13)20-2)10-15-17-14(18-19-15)5-4-8-16;/h6-7,9H,3-5,8,10,16H2,1-2H3,(H,17,18,19);1H. The predicted octanol–water partition coefficient (Wildman–Crippen LogP) is 2.12. The molecule has 1 aromatic heterocycles. The molecule has 0 amide bonds. The van der Waals surface area contributed by atoms with Gasteiger partial charge >= 0.3 is 0 Å². The molecule has 2 aromatic rings. The van der Waals surface area contributed by atoms with E-state index in [0.717, 1.165) is 41.6 Å². The van der Waals surface area contributed by atoms with Gasteiger partial charge in [0.2, 0.25) is 0 Å². The van der Waals surface area contributed by atoms with Crippen LogP contribution in [-0.4, -0.2) is 35.4 Å². The molecule has 0 radical (unpaired) electrons. The molecule has 0 aliphatic carbocycles. The van der Waals surface area contributed by atoms with Gasteiger partial charge in [-0.25, -0.2) is 4.98 Å². The number of ether oxygens (including phenoxy) is 2. The molecule has 3 N–H and O–H groups in total. The average molecular weight is 327 g/mol. The highest BCUT2D eigenvalue weighted by Crippen LogP contribution is 2.28. The highest BCUT2D eigenvalue weighted by Gasteiger charge is 2.08. The van der Waals surface area contributed by atoms with Crippen molar-refractivity contribution in [3.8, 4) is 11.5 Å². The van der Waals surface area contributed by atoms with E-state index in [1.165, 1.54) is 0 Å². The minimum atomic E-state index is 0. The first kappa shape index (κ1) is 18.3. The average Bonchev–Trinajstić information content (AvgIpc) is 2.93. The van der Waals surface area contributed by atoms with Crippen LogP contribution in [0, 0.1) is 0 Å². The number of aryl methyl sites for hydroxylation is 1. The molecular formula is C15H23ClN4O2. The van der Waals surface area contributed by atoms with Crippen molar-refractivity contribution < 1.29 is 9.47 Å². The van der Waals surface area contributed by atoms with Crippen LogP contribution in [0.25, 0.3) is 0 Å². The molecule has 0 saturated carbocycles. The number of aromatic nitrogens is 3. The van der Waals surface area contributed by atoms with E-state index in [-0.39, 0.29) is 12.4 Å². The van der Waals surface area contributed by atoms with Crippen LogP contribution in [0.15, 0.2) is 18.2 Å². The number of halogens is 1. The number of nitrogens with one attached hydrogen (secondary N) is 1. The molecule has 122 valence electrons. The third kappa shape index (κ3) is 4.89. The first-order valence-corrected chi connectivity index (χ1v) is 7.16. The molecule has 0 unspecified atom stereocenters. The summed E-state index contributed by atoms with van der Waals surface area (Å²) < 4.78 is 10.9. The van der Waals surface area contributed by atoms with E-state index in [1.807, 2.05) is 25.1 Å². The predicted molar refractivity (Wildman–Crippen MR) is 88.0 cm³/mol. The zero-order valence-electron chi connectivity index (χ0n) is 13.0. The maximum absolute atomic E-state index is 5.58. The van der Waals surface area contributed by atoms with Crippen molar-refractivity contribution in [3.63, 3.8) is 0 Å². The van der Waals surface area contributed by atoms with Gasteiger partial charge in [0, 0.05) is 12.8 Å². The van der Waals surface area contributed by atoms with Crippen LogP contribution in [0.2, 0.25) is 0 Å². The Balaban J connectivity index is 0.00000242. The lowest BCUT2D eigenvalue weighted by Gasteiger charge is -2.10. The van der Waals surface area contributed by atoms with E-state index in [4.69, 9.17) is 15.2 Å². The maximum Gasteiger partial charge on any atom is 0.161 e. The summed E-state index contributed by atoms with van der Waals surface area (Å²) in [5.74, 6) is 3.14. The number of nitrogens with two attached hydrogens (primary N) is 1. The summed E-state index contributed by atoms with van der Waals surface area (Å²) in [5.41, 5.74) is 6.59. The van der Waals surface area contributed by atoms with Crippen LogP contribution in [0.1, 0.15) is 30.6 Å². The summed E-state index contributed by atoms with van der Waals surface area (Å²) in [5, 5.41) is 7.16. The number of nitrogens with zero attached hydrogens (tertiary/aromatic N) is 2. The lowest BCUT2D eigenvalue weighted by atomic mass is 10.1. The summed E-state index contributed by atoms with van der Waals surface area (Å²) in [6, 6.07) is 5.89. The number of H-pyrrole nitrogens is 1. The van der Waals surface area contributed by atoms with Crippen molar-refractivity contribution in [2.75, 3.05) is 20.3 Å². The molecule has 0 atom stereocenters. The van der Waals surface area contributed by atoms with Crippen molar-refractivity contribution in [1.29, 1.82) is 0 Å². The molecule has 2 rings (SSSR count). The molecule has 0 saturated heterocycles. The number of benzene rings is 1. The van der Waals surface area contributed by atoms with Crippen LogP contribution in [0.3, 0.4) is 0 Å². The van der Waals surface area contributed by atoms with Crippen molar-refractivity contribution in [1.82, 2.24) is 15.2 Å². The zero-order valence-corrected chi connectivity index (χ0v) is 13.8. The van der Waals surface area contributed by atoms with Gasteiger partial charge in [0.1, 0.15) is 5.82 Å². The highest BCUT2D eigenvalue weighted by molar-refractivity contribution is 5.85. The SMILES string of the molecule is CCOc1cc(Cc2nc(CCCN)n[nH]2)ccc1OC.Cl. The smallest absolute Gasteiger partial charge is 0.161 e. The molecule has 22 heavy (non-hydrogen) atoms. The number of hydrogen-bond donors (Lipinski definition) is 2. The Morgan fingerprint density at radius 2 is 2.09 bits per heavy atom. The molecule has 0 aliphatic rings. The summed E-state index contributed by atoms with van der Waals surface area (Å²) in [6.45, 7) is 3.21. The van der Waals surface area contributed by atoms with Crippen LogP contribution < -0.4 is 15.2 Å². The second kappa shape index (κ2) is 9.27. The first-order chi connectivity index (χ1) is 10.3. The number of methoxy groups -OCH3 is 1. The minimum absolute atomic E-state index is 0. The Hall–Kier alpha value is -1.79. The molecular weight excluding hydrogens is 304 g/mol. The number of rotatable bonds is 8. The fourth-order valence-electron chi connectivity index (χ4n) is 2.08. The molecule has 0 spiro atoms. The summed E-state index contributed by atoms with van der Waals surface area (Å²) in [4.78, 5) is 4.47. The molecule has 6 nitrogen and oxygen atoms in total. The Kier molecular flexibility index (Phi) is 7.70. The van der Waals surface area contributed by atoms with E-state index in [2.05, 4.69) is 15.2 Å². The van der Waals surface area contributed by atoms with Gasteiger partial charge < -0.3 is 15.2 Å². The summed E-state index contributed by atoms with van der Waals surface area (Å²) >= 11 is 0. The van der Waals surface area contributed by atoms with Gasteiger partial charge in [-0.3, -0.25) is 5.10 Å². The molecule has 0 bridgehead atoms. The van der Waals surface area contributed by atoms with Crippen LogP contribution in [0.5, 0.6) is 11.5 Å². The molecule has 1 heterocycles. The van der Waals surface area contributed by atoms with E-state index >= 15 is 0 Å². The van der Waals surface area contributed by atoms with Gasteiger partial charge in [-0.2, -0.15) is 5.10 Å². The Labute approximate surface area is 136 Å². The normalized spacial score (nSPS) is 10.1. The third-order valence-electron chi connectivity index (χ3n) is 3.08. The Bertz CT molecular complexity index is 574. The van der Waals surface area contributed by atoms with Gasteiger partial charge in [0.25, 0.3) is 0 Å². The summed E-state index contributed by atoms with van der Waals surface area (Å²) in [6.07, 6.45) is 2.38. The first-order valence-electron chi connectivity index (χ1n) is 7.16. The van der Waals surface area contributed by atoms with Gasteiger partial charge in [-0.05, 0) is 37.6 Å². The fourth-order valence-corrected chi connectivity index (χ4v) is 2.08. The van der Waals surface area contributed by atoms with E-state index in [1.54, 1.807) is 7.11 Å². The summed E-state index contributed by atoms with van der Waals surface area (Å²) in [7, 11) is 1.64. The molecule has 0 aliphatic heterocycles. The van der Waals surface area contributed by atoms with Gasteiger partial charge in [0.05, 0.1) is 13.7 Å². The van der Waals surface area contributed by atoms with Crippen molar-refractivity contribution in [3.05, 3.63) is 35.4 Å². The third-order valence-corrected chi connectivity index (χ3v) is 3.08. The van der Waals surface area contributed by atoms with Gasteiger partial charge in [-0.15, -0.1) is 12.4 Å². The van der Waals surface area contributed by atoms with E-state index < -0.39 is 0 Å². The minimum Gasteiger partial charge on any atom is -0.493 e. The Morgan fingerprint density at radius 1 is 1.27 bits per heavy atom.